The fourth-order valence-electron chi connectivity index (χ4n) is 4.70. The van der Waals surface area contributed by atoms with Gasteiger partial charge in [0.05, 0.1) is 13.2 Å². The lowest BCUT2D eigenvalue weighted by molar-refractivity contribution is -0.0120. The topological polar surface area (TPSA) is 48.9 Å². The summed E-state index contributed by atoms with van der Waals surface area (Å²) in [7, 11) is 1.90. The maximum atomic E-state index is 5.57. The van der Waals surface area contributed by atoms with E-state index in [0.717, 1.165) is 50.6 Å². The number of hydrogen-bond acceptors (Lipinski definition) is 4. The second-order valence-corrected chi connectivity index (χ2v) is 9.66. The van der Waals surface area contributed by atoms with Crippen LogP contribution in [0.2, 0.25) is 0 Å². The lowest BCUT2D eigenvalue weighted by Gasteiger charge is -2.43. The van der Waals surface area contributed by atoms with Crippen LogP contribution in [0.25, 0.3) is 0 Å². The zero-order valence-corrected chi connectivity index (χ0v) is 17.7. The van der Waals surface area contributed by atoms with E-state index in [9.17, 15) is 0 Å². The molecule has 6 heteroatoms. The second-order valence-electron chi connectivity index (χ2n) is 8.55. The summed E-state index contributed by atoms with van der Waals surface area (Å²) >= 11 is 2.09. The third-order valence-electron chi connectivity index (χ3n) is 6.63. The Morgan fingerprint density at radius 2 is 1.96 bits per heavy atom. The van der Waals surface area contributed by atoms with Crippen molar-refractivity contribution in [2.75, 3.05) is 51.4 Å². The highest BCUT2D eigenvalue weighted by Gasteiger charge is 2.40. The largest absolute Gasteiger partial charge is 0.379 e. The molecule has 150 valence electrons. The Morgan fingerprint density at radius 3 is 2.54 bits per heavy atom. The van der Waals surface area contributed by atoms with E-state index in [1.807, 2.05) is 7.05 Å². The molecule has 2 aliphatic heterocycles. The molecule has 3 aliphatic rings. The third-order valence-corrected chi connectivity index (χ3v) is 7.86. The van der Waals surface area contributed by atoms with Crippen LogP contribution in [0.1, 0.15) is 46.0 Å². The molecule has 1 unspecified atom stereocenters. The number of guanidine groups is 1. The molecule has 5 nitrogen and oxygen atoms in total. The Labute approximate surface area is 164 Å². The van der Waals surface area contributed by atoms with Crippen LogP contribution in [0.5, 0.6) is 0 Å². The van der Waals surface area contributed by atoms with Crippen LogP contribution in [0.4, 0.5) is 0 Å². The summed E-state index contributed by atoms with van der Waals surface area (Å²) in [5.41, 5.74) is 0.265. The van der Waals surface area contributed by atoms with Crippen LogP contribution in [-0.2, 0) is 4.74 Å². The van der Waals surface area contributed by atoms with Crippen molar-refractivity contribution in [1.82, 2.24) is 15.5 Å². The highest BCUT2D eigenvalue weighted by molar-refractivity contribution is 7.99. The molecule has 1 saturated carbocycles. The van der Waals surface area contributed by atoms with E-state index in [1.165, 1.54) is 43.6 Å². The number of morpholine rings is 1. The monoisotopic (exact) mass is 382 g/mol. The molecule has 0 bridgehead atoms. The molecule has 1 aliphatic carbocycles. The van der Waals surface area contributed by atoms with Crippen LogP contribution >= 0.6 is 11.8 Å². The predicted molar refractivity (Wildman–Crippen MR) is 112 cm³/mol. The van der Waals surface area contributed by atoms with Gasteiger partial charge in [-0.15, -0.1) is 0 Å². The summed E-state index contributed by atoms with van der Waals surface area (Å²) in [6.07, 6.45) is 6.50. The first kappa shape index (κ1) is 20.3. The van der Waals surface area contributed by atoms with Crippen LogP contribution in [-0.4, -0.2) is 73.8 Å². The molecule has 0 aromatic carbocycles. The minimum Gasteiger partial charge on any atom is -0.379 e. The first-order chi connectivity index (χ1) is 12.6. The Bertz CT molecular complexity index is 451. The molecule has 3 rings (SSSR count). The van der Waals surface area contributed by atoms with Gasteiger partial charge in [-0.2, -0.15) is 11.8 Å². The van der Waals surface area contributed by atoms with Crippen molar-refractivity contribution in [2.45, 2.75) is 57.5 Å². The van der Waals surface area contributed by atoms with Gasteiger partial charge in [0.25, 0.3) is 0 Å². The zero-order valence-electron chi connectivity index (χ0n) is 16.9. The molecule has 1 atom stereocenters. The molecule has 3 fully saturated rings. The van der Waals surface area contributed by atoms with Crippen LogP contribution in [0.3, 0.4) is 0 Å². The van der Waals surface area contributed by atoms with Crippen LogP contribution in [0, 0.1) is 11.8 Å². The van der Waals surface area contributed by atoms with Crippen molar-refractivity contribution in [3.63, 3.8) is 0 Å². The lowest BCUT2D eigenvalue weighted by atomic mass is 9.80. The third kappa shape index (κ3) is 5.08. The van der Waals surface area contributed by atoms with Crippen molar-refractivity contribution in [2.24, 2.45) is 16.8 Å². The molecule has 0 amide bonds. The molecule has 0 spiro atoms. The Balaban J connectivity index is 1.50. The molecule has 0 aromatic heterocycles. The number of nitrogens with one attached hydrogen (secondary N) is 2. The molecule has 0 aromatic rings. The lowest BCUT2D eigenvalue weighted by Crippen LogP contribution is -2.60. The van der Waals surface area contributed by atoms with Crippen LogP contribution in [0.15, 0.2) is 4.99 Å². The number of hydrogen-bond donors (Lipinski definition) is 2. The fraction of sp³-hybridized carbons (Fsp3) is 0.950. The van der Waals surface area contributed by atoms with Gasteiger partial charge in [-0.3, -0.25) is 9.89 Å². The number of nitrogens with zero attached hydrogens (tertiary/aromatic N) is 2. The van der Waals surface area contributed by atoms with Gasteiger partial charge >= 0.3 is 0 Å². The van der Waals surface area contributed by atoms with Gasteiger partial charge in [-0.25, -0.2) is 0 Å². The maximum absolute atomic E-state index is 5.57. The van der Waals surface area contributed by atoms with E-state index < -0.39 is 0 Å². The van der Waals surface area contributed by atoms with Crippen molar-refractivity contribution < 1.29 is 4.74 Å². The zero-order chi connectivity index (χ0) is 18.4. The van der Waals surface area contributed by atoms with Gasteiger partial charge in [0, 0.05) is 44.0 Å². The Hall–Kier alpha value is -0.460. The summed E-state index contributed by atoms with van der Waals surface area (Å²) in [5, 5.41) is 7.37. The highest BCUT2D eigenvalue weighted by atomic mass is 32.2. The average Bonchev–Trinajstić information content (AvgIpc) is 3.16. The van der Waals surface area contributed by atoms with Gasteiger partial charge in [-0.1, -0.05) is 13.8 Å². The van der Waals surface area contributed by atoms with E-state index in [2.05, 4.69) is 46.1 Å². The predicted octanol–water partition coefficient (Wildman–Crippen LogP) is 2.57. The first-order valence-electron chi connectivity index (χ1n) is 10.5. The fourth-order valence-corrected chi connectivity index (χ4v) is 6.18. The van der Waals surface area contributed by atoms with Crippen molar-refractivity contribution in [1.29, 1.82) is 0 Å². The Morgan fingerprint density at radius 1 is 1.23 bits per heavy atom. The summed E-state index contributed by atoms with van der Waals surface area (Å²) < 4.78 is 5.57. The quantitative estimate of drug-likeness (QED) is 0.565. The second kappa shape index (κ2) is 9.65. The maximum Gasteiger partial charge on any atom is 0.191 e. The van der Waals surface area contributed by atoms with E-state index in [4.69, 9.17) is 4.74 Å². The molecule has 2 N–H and O–H groups in total. The summed E-state index contributed by atoms with van der Waals surface area (Å²) in [6.45, 7) is 9.59. The molecular formula is C20H38N4OS. The minimum absolute atomic E-state index is 0.265. The number of thioether (sulfide) groups is 1. The van der Waals surface area contributed by atoms with Crippen LogP contribution < -0.4 is 10.6 Å². The molecule has 26 heavy (non-hydrogen) atoms. The SMILES string of the molecule is CN=C(NCC1(N2CCOCC2)CCSC1)NC1CCC(C(C)C)CC1. The van der Waals surface area contributed by atoms with E-state index in [0.29, 0.717) is 6.04 Å². The molecule has 2 heterocycles. The van der Waals surface area contributed by atoms with Gasteiger partial charge < -0.3 is 15.4 Å². The van der Waals surface area contributed by atoms with E-state index in [1.54, 1.807) is 0 Å². The number of aliphatic imine (C=N–C) groups is 1. The summed E-state index contributed by atoms with van der Waals surface area (Å²) in [5.74, 6) is 5.20. The number of ether oxygens (including phenoxy) is 1. The Kier molecular flexibility index (Phi) is 7.53. The summed E-state index contributed by atoms with van der Waals surface area (Å²) in [6, 6.07) is 0.577. The van der Waals surface area contributed by atoms with Crippen molar-refractivity contribution in [3.05, 3.63) is 0 Å². The van der Waals surface area contributed by atoms with E-state index in [-0.39, 0.29) is 5.54 Å². The van der Waals surface area contributed by atoms with E-state index >= 15 is 0 Å². The normalized spacial score (nSPS) is 34.2. The van der Waals surface area contributed by atoms with Crippen molar-refractivity contribution >= 4 is 17.7 Å². The molecule has 2 saturated heterocycles. The van der Waals surface area contributed by atoms with Gasteiger partial charge in [0.15, 0.2) is 5.96 Å². The van der Waals surface area contributed by atoms with Crippen molar-refractivity contribution in [3.8, 4) is 0 Å². The highest BCUT2D eigenvalue weighted by Crippen LogP contribution is 2.34. The molecule has 0 radical (unpaired) electrons. The van der Waals surface area contributed by atoms with Gasteiger partial charge in [-0.05, 0) is 49.7 Å². The average molecular weight is 383 g/mol. The minimum atomic E-state index is 0.265. The summed E-state index contributed by atoms with van der Waals surface area (Å²) in [4.78, 5) is 7.18. The van der Waals surface area contributed by atoms with Gasteiger partial charge in [0.1, 0.15) is 0 Å². The first-order valence-corrected chi connectivity index (χ1v) is 11.7. The molecular weight excluding hydrogens is 344 g/mol. The van der Waals surface area contributed by atoms with Gasteiger partial charge in [0.2, 0.25) is 0 Å². The number of rotatable bonds is 5. The smallest absolute Gasteiger partial charge is 0.191 e. The standard InChI is InChI=1S/C20H38N4OS/c1-16(2)17-4-6-18(7-5-17)23-19(21-3)22-14-20(8-13-26-15-20)24-9-11-25-12-10-24/h16-18H,4-15H2,1-3H3,(H2,21,22,23).